The summed E-state index contributed by atoms with van der Waals surface area (Å²) in [6.07, 6.45) is 0.173. The molecule has 0 aliphatic heterocycles. The second-order valence-electron chi connectivity index (χ2n) is 2.76. The van der Waals surface area contributed by atoms with Crippen LogP contribution >= 0.6 is 15.9 Å². The van der Waals surface area contributed by atoms with Gasteiger partial charge < -0.3 is 9.47 Å². The van der Waals surface area contributed by atoms with Gasteiger partial charge in [0.2, 0.25) is 0 Å². The normalized spacial score (nSPS) is 12.2. The van der Waals surface area contributed by atoms with Gasteiger partial charge in [-0.25, -0.2) is 0 Å². The van der Waals surface area contributed by atoms with E-state index in [9.17, 15) is 0 Å². The average Bonchev–Trinajstić information content (AvgIpc) is 2.18. The zero-order chi connectivity index (χ0) is 9.68. The van der Waals surface area contributed by atoms with Gasteiger partial charge in [0, 0.05) is 11.4 Å². The third kappa shape index (κ3) is 3.27. The Morgan fingerprint density at radius 2 is 2.08 bits per heavy atom. The second kappa shape index (κ2) is 5.12. The van der Waals surface area contributed by atoms with Crippen LogP contribution in [0, 0.1) is 0 Å². The number of ether oxygens (including phenoxy) is 2. The van der Waals surface area contributed by atoms with Gasteiger partial charge in [0.25, 0.3) is 0 Å². The third-order valence-electron chi connectivity index (χ3n) is 1.60. The number of rotatable bonds is 4. The van der Waals surface area contributed by atoms with E-state index in [0.29, 0.717) is 0 Å². The number of halogens is 1. The highest BCUT2D eigenvalue weighted by molar-refractivity contribution is 9.09. The van der Waals surface area contributed by atoms with Gasteiger partial charge in [0.05, 0.1) is 7.11 Å². The number of hydrogen-bond acceptors (Lipinski definition) is 2. The van der Waals surface area contributed by atoms with Crippen molar-refractivity contribution in [2.45, 2.75) is 13.0 Å². The van der Waals surface area contributed by atoms with E-state index in [-0.39, 0.29) is 6.10 Å². The highest BCUT2D eigenvalue weighted by atomic mass is 79.9. The van der Waals surface area contributed by atoms with E-state index in [1.807, 2.05) is 31.2 Å². The molecule has 0 aliphatic carbocycles. The van der Waals surface area contributed by atoms with Gasteiger partial charge in [-0.2, -0.15) is 0 Å². The van der Waals surface area contributed by atoms with Crippen LogP contribution in [0.15, 0.2) is 24.3 Å². The molecule has 13 heavy (non-hydrogen) atoms. The van der Waals surface area contributed by atoms with E-state index < -0.39 is 0 Å². The molecule has 0 radical (unpaired) electrons. The van der Waals surface area contributed by atoms with E-state index in [1.54, 1.807) is 7.11 Å². The predicted molar refractivity (Wildman–Crippen MR) is 56.9 cm³/mol. The fraction of sp³-hybridized carbons (Fsp3) is 0.400. The first-order valence-corrected chi connectivity index (χ1v) is 5.25. The number of methoxy groups -OCH3 is 1. The molecule has 1 aromatic rings. The van der Waals surface area contributed by atoms with Gasteiger partial charge in [-0.05, 0) is 19.1 Å². The van der Waals surface area contributed by atoms with Crippen LogP contribution in [0.2, 0.25) is 0 Å². The standard InChI is InChI=1S/C10H13BrO2/c1-8(7-11)13-10-5-3-4-9(6-10)12-2/h3-6,8H,7H2,1-2H3. The van der Waals surface area contributed by atoms with Crippen molar-refractivity contribution in [3.63, 3.8) is 0 Å². The maximum absolute atomic E-state index is 5.58. The van der Waals surface area contributed by atoms with Crippen LogP contribution in [0.1, 0.15) is 6.92 Å². The molecule has 0 fully saturated rings. The van der Waals surface area contributed by atoms with Crippen molar-refractivity contribution in [2.24, 2.45) is 0 Å². The fourth-order valence-corrected chi connectivity index (χ4v) is 1.07. The molecule has 1 atom stereocenters. The SMILES string of the molecule is COc1cccc(OC(C)CBr)c1. The van der Waals surface area contributed by atoms with Crippen LogP contribution in [0.5, 0.6) is 11.5 Å². The van der Waals surface area contributed by atoms with Crippen molar-refractivity contribution < 1.29 is 9.47 Å². The van der Waals surface area contributed by atoms with Crippen molar-refractivity contribution in [3.05, 3.63) is 24.3 Å². The maximum atomic E-state index is 5.58. The molecule has 72 valence electrons. The minimum Gasteiger partial charge on any atom is -0.497 e. The molecule has 0 aliphatic rings. The van der Waals surface area contributed by atoms with E-state index in [0.717, 1.165) is 16.8 Å². The zero-order valence-electron chi connectivity index (χ0n) is 7.79. The molecule has 1 aromatic carbocycles. The maximum Gasteiger partial charge on any atom is 0.123 e. The second-order valence-corrected chi connectivity index (χ2v) is 3.41. The summed E-state index contributed by atoms with van der Waals surface area (Å²) < 4.78 is 10.7. The Labute approximate surface area is 87.0 Å². The summed E-state index contributed by atoms with van der Waals surface area (Å²) in [5.41, 5.74) is 0. The lowest BCUT2D eigenvalue weighted by molar-refractivity contribution is 0.247. The first-order chi connectivity index (χ1) is 6.26. The lowest BCUT2D eigenvalue weighted by Crippen LogP contribution is -2.12. The first-order valence-electron chi connectivity index (χ1n) is 4.13. The zero-order valence-corrected chi connectivity index (χ0v) is 9.37. The van der Waals surface area contributed by atoms with Gasteiger partial charge >= 0.3 is 0 Å². The summed E-state index contributed by atoms with van der Waals surface area (Å²) in [6.45, 7) is 2.01. The van der Waals surface area contributed by atoms with E-state index in [1.165, 1.54) is 0 Å². The molecule has 0 saturated carbocycles. The van der Waals surface area contributed by atoms with Crippen molar-refractivity contribution in [2.75, 3.05) is 12.4 Å². The predicted octanol–water partition coefficient (Wildman–Crippen LogP) is 2.86. The van der Waals surface area contributed by atoms with Gasteiger partial charge in [0.15, 0.2) is 0 Å². The monoisotopic (exact) mass is 244 g/mol. The van der Waals surface area contributed by atoms with Gasteiger partial charge in [-0.1, -0.05) is 22.0 Å². The number of alkyl halides is 1. The van der Waals surface area contributed by atoms with Crippen molar-refractivity contribution in [1.82, 2.24) is 0 Å². The summed E-state index contributed by atoms with van der Waals surface area (Å²) >= 11 is 3.35. The molecule has 3 heteroatoms. The Hall–Kier alpha value is -0.700. The molecule has 0 N–H and O–H groups in total. The molecule has 0 heterocycles. The number of benzene rings is 1. The van der Waals surface area contributed by atoms with Crippen LogP contribution in [-0.2, 0) is 0 Å². The molecule has 1 unspecified atom stereocenters. The van der Waals surface area contributed by atoms with Gasteiger partial charge in [0.1, 0.15) is 17.6 Å². The smallest absolute Gasteiger partial charge is 0.123 e. The van der Waals surface area contributed by atoms with Crippen LogP contribution in [-0.4, -0.2) is 18.5 Å². The Balaban J connectivity index is 2.66. The lowest BCUT2D eigenvalue weighted by atomic mass is 10.3. The van der Waals surface area contributed by atoms with Crippen LogP contribution < -0.4 is 9.47 Å². The van der Waals surface area contributed by atoms with E-state index in [4.69, 9.17) is 9.47 Å². The van der Waals surface area contributed by atoms with Crippen LogP contribution in [0.4, 0.5) is 0 Å². The largest absolute Gasteiger partial charge is 0.497 e. The molecule has 0 amide bonds. The molecular weight excluding hydrogens is 232 g/mol. The summed E-state index contributed by atoms with van der Waals surface area (Å²) in [7, 11) is 1.65. The first kappa shape index (κ1) is 10.4. The summed E-state index contributed by atoms with van der Waals surface area (Å²) in [5, 5.41) is 0.824. The van der Waals surface area contributed by atoms with Gasteiger partial charge in [-0.3, -0.25) is 0 Å². The van der Waals surface area contributed by atoms with E-state index in [2.05, 4.69) is 15.9 Å². The topological polar surface area (TPSA) is 18.5 Å². The fourth-order valence-electron chi connectivity index (χ4n) is 0.938. The minimum atomic E-state index is 0.173. The summed E-state index contributed by atoms with van der Waals surface area (Å²) in [4.78, 5) is 0. The average molecular weight is 245 g/mol. The Kier molecular flexibility index (Phi) is 4.09. The van der Waals surface area contributed by atoms with E-state index >= 15 is 0 Å². The Morgan fingerprint density at radius 1 is 1.38 bits per heavy atom. The lowest BCUT2D eigenvalue weighted by Gasteiger charge is -2.12. The van der Waals surface area contributed by atoms with Crippen LogP contribution in [0.25, 0.3) is 0 Å². The molecule has 0 aromatic heterocycles. The number of hydrogen-bond donors (Lipinski definition) is 0. The van der Waals surface area contributed by atoms with Gasteiger partial charge in [-0.15, -0.1) is 0 Å². The quantitative estimate of drug-likeness (QED) is 0.759. The molecular formula is C10H13BrO2. The summed E-state index contributed by atoms with van der Waals surface area (Å²) in [6, 6.07) is 7.60. The molecule has 0 saturated heterocycles. The highest BCUT2D eigenvalue weighted by Gasteiger charge is 2.01. The Morgan fingerprint density at radius 3 is 2.69 bits per heavy atom. The summed E-state index contributed by atoms with van der Waals surface area (Å²) in [5.74, 6) is 1.66. The van der Waals surface area contributed by atoms with Crippen molar-refractivity contribution >= 4 is 15.9 Å². The molecule has 0 spiro atoms. The van der Waals surface area contributed by atoms with Crippen molar-refractivity contribution in [1.29, 1.82) is 0 Å². The third-order valence-corrected chi connectivity index (χ3v) is 2.51. The molecule has 0 bridgehead atoms. The van der Waals surface area contributed by atoms with Crippen LogP contribution in [0.3, 0.4) is 0 Å². The molecule has 1 rings (SSSR count). The molecule has 2 nitrogen and oxygen atoms in total. The highest BCUT2D eigenvalue weighted by Crippen LogP contribution is 2.20. The minimum absolute atomic E-state index is 0.173. The Bertz CT molecular complexity index is 263. The van der Waals surface area contributed by atoms with Crippen molar-refractivity contribution in [3.8, 4) is 11.5 Å².